The Bertz CT molecular complexity index is 741. The normalized spacial score (nSPS) is 11.9. The highest BCUT2D eigenvalue weighted by atomic mass is 16.5. The summed E-state index contributed by atoms with van der Waals surface area (Å²) in [5.41, 5.74) is 2.50. The van der Waals surface area contributed by atoms with E-state index in [4.69, 9.17) is 19.3 Å². The molecule has 5 heteroatoms. The summed E-state index contributed by atoms with van der Waals surface area (Å²) in [5.74, 6) is 0.652. The predicted molar refractivity (Wildman–Crippen MR) is 118 cm³/mol. The van der Waals surface area contributed by atoms with E-state index in [0.29, 0.717) is 32.3 Å². The average molecular weight is 415 g/mol. The van der Waals surface area contributed by atoms with E-state index in [1.54, 1.807) is 24.3 Å². The fraction of sp³-hybridized carbons (Fsp3) is 0.480. The second kappa shape index (κ2) is 13.8. The Morgan fingerprint density at radius 2 is 1.70 bits per heavy atom. The Balaban J connectivity index is 1.53. The van der Waals surface area contributed by atoms with E-state index in [-0.39, 0.29) is 5.56 Å². The van der Waals surface area contributed by atoms with Gasteiger partial charge in [0.15, 0.2) is 0 Å². The molecular weight excluding hydrogens is 380 g/mol. The fourth-order valence-electron chi connectivity index (χ4n) is 2.87. The number of rotatable bonds is 15. The van der Waals surface area contributed by atoms with Gasteiger partial charge in [0, 0.05) is 6.61 Å². The summed E-state index contributed by atoms with van der Waals surface area (Å²) in [6.45, 7) is 7.40. The Labute approximate surface area is 180 Å². The summed E-state index contributed by atoms with van der Waals surface area (Å²) < 4.78 is 17.2. The smallest absolute Gasteiger partial charge is 0.335 e. The highest BCUT2D eigenvalue weighted by molar-refractivity contribution is 5.87. The van der Waals surface area contributed by atoms with Crippen molar-refractivity contribution in [2.75, 3.05) is 26.4 Å². The maximum atomic E-state index is 10.8. The van der Waals surface area contributed by atoms with Crippen molar-refractivity contribution in [3.05, 3.63) is 65.2 Å². The van der Waals surface area contributed by atoms with Crippen molar-refractivity contribution in [3.63, 3.8) is 0 Å². The van der Waals surface area contributed by atoms with Gasteiger partial charge in [0.1, 0.15) is 5.75 Å². The Hall–Kier alpha value is -2.37. The molecule has 0 aliphatic carbocycles. The third-order valence-electron chi connectivity index (χ3n) is 5.02. The van der Waals surface area contributed by atoms with Crippen LogP contribution in [-0.2, 0) is 22.5 Å². The van der Waals surface area contributed by atoms with Gasteiger partial charge in [-0.1, -0.05) is 50.6 Å². The molecule has 0 aliphatic rings. The largest absolute Gasteiger partial charge is 0.493 e. The molecular formula is C25H34O5. The molecule has 0 amide bonds. The lowest BCUT2D eigenvalue weighted by molar-refractivity contribution is 0.0394. The number of hydrogen-bond acceptors (Lipinski definition) is 4. The number of aromatic carboxylic acids is 1. The molecule has 2 aromatic carbocycles. The van der Waals surface area contributed by atoms with Gasteiger partial charge in [-0.3, -0.25) is 0 Å². The van der Waals surface area contributed by atoms with E-state index in [2.05, 4.69) is 32.0 Å². The van der Waals surface area contributed by atoms with Gasteiger partial charge >= 0.3 is 5.97 Å². The summed E-state index contributed by atoms with van der Waals surface area (Å²) in [6.07, 6.45) is 4.17. The molecule has 0 bridgehead atoms. The van der Waals surface area contributed by atoms with Crippen molar-refractivity contribution in [1.82, 2.24) is 0 Å². The number of hydrogen-bond donors (Lipinski definition) is 1. The van der Waals surface area contributed by atoms with Crippen LogP contribution < -0.4 is 4.74 Å². The molecule has 5 nitrogen and oxygen atoms in total. The van der Waals surface area contributed by atoms with Gasteiger partial charge in [-0.2, -0.15) is 0 Å². The topological polar surface area (TPSA) is 65.0 Å². The van der Waals surface area contributed by atoms with E-state index in [1.165, 1.54) is 5.56 Å². The zero-order chi connectivity index (χ0) is 21.6. The number of carboxylic acid groups (broad SMARTS) is 1. The van der Waals surface area contributed by atoms with Gasteiger partial charge in [0.05, 0.1) is 32.0 Å². The lowest BCUT2D eigenvalue weighted by Gasteiger charge is -2.14. The monoisotopic (exact) mass is 414 g/mol. The molecule has 0 saturated heterocycles. The third-order valence-corrected chi connectivity index (χ3v) is 5.02. The summed E-state index contributed by atoms with van der Waals surface area (Å²) >= 11 is 0. The molecule has 0 saturated carbocycles. The molecule has 0 fully saturated rings. The molecule has 164 valence electrons. The number of unbranched alkanes of at least 4 members (excludes halogenated alkanes) is 1. The van der Waals surface area contributed by atoms with Gasteiger partial charge < -0.3 is 19.3 Å². The highest BCUT2D eigenvalue weighted by Gasteiger charge is 2.06. The van der Waals surface area contributed by atoms with E-state index >= 15 is 0 Å². The predicted octanol–water partition coefficient (Wildman–Crippen LogP) is 5.37. The van der Waals surface area contributed by atoms with Crippen LogP contribution in [0, 0.1) is 5.92 Å². The quantitative estimate of drug-likeness (QED) is 0.397. The zero-order valence-corrected chi connectivity index (χ0v) is 18.1. The SMILES string of the molecule is CC[C@H](C)COc1ccccc1CCCCOCCOCc1ccc(C(=O)O)cc1. The van der Waals surface area contributed by atoms with Crippen molar-refractivity contribution in [2.24, 2.45) is 5.92 Å². The van der Waals surface area contributed by atoms with Gasteiger partial charge in [-0.15, -0.1) is 0 Å². The first kappa shape index (κ1) is 23.9. The van der Waals surface area contributed by atoms with Gasteiger partial charge in [0.2, 0.25) is 0 Å². The second-order valence-corrected chi connectivity index (χ2v) is 7.56. The third kappa shape index (κ3) is 8.97. The van der Waals surface area contributed by atoms with Crippen LogP contribution in [0.15, 0.2) is 48.5 Å². The van der Waals surface area contributed by atoms with E-state index in [9.17, 15) is 4.79 Å². The summed E-state index contributed by atoms with van der Waals surface area (Å²) in [5, 5.41) is 8.89. The molecule has 1 atom stereocenters. The number of para-hydroxylation sites is 1. The van der Waals surface area contributed by atoms with Gasteiger partial charge in [-0.05, 0) is 54.5 Å². The molecule has 0 heterocycles. The fourth-order valence-corrected chi connectivity index (χ4v) is 2.87. The van der Waals surface area contributed by atoms with Crippen LogP contribution in [0.2, 0.25) is 0 Å². The van der Waals surface area contributed by atoms with Gasteiger partial charge in [-0.25, -0.2) is 4.79 Å². The Morgan fingerprint density at radius 1 is 0.967 bits per heavy atom. The van der Waals surface area contributed by atoms with Crippen LogP contribution >= 0.6 is 0 Å². The molecule has 0 spiro atoms. The van der Waals surface area contributed by atoms with Crippen LogP contribution in [0.4, 0.5) is 0 Å². The van der Waals surface area contributed by atoms with Crippen LogP contribution in [0.1, 0.15) is 54.6 Å². The molecule has 0 aliphatic heterocycles. The molecule has 1 N–H and O–H groups in total. The molecule has 0 aromatic heterocycles. The lowest BCUT2D eigenvalue weighted by Crippen LogP contribution is -2.08. The van der Waals surface area contributed by atoms with Crippen molar-refractivity contribution in [1.29, 1.82) is 0 Å². The number of carbonyl (C=O) groups is 1. The van der Waals surface area contributed by atoms with E-state index in [1.807, 2.05) is 6.07 Å². The van der Waals surface area contributed by atoms with Crippen LogP contribution in [0.25, 0.3) is 0 Å². The summed E-state index contributed by atoms with van der Waals surface area (Å²) in [6, 6.07) is 15.0. The van der Waals surface area contributed by atoms with Crippen molar-refractivity contribution < 1.29 is 24.1 Å². The molecule has 2 aromatic rings. The minimum atomic E-state index is -0.919. The zero-order valence-electron chi connectivity index (χ0n) is 18.1. The first-order valence-electron chi connectivity index (χ1n) is 10.8. The number of ether oxygens (including phenoxy) is 3. The van der Waals surface area contributed by atoms with Crippen molar-refractivity contribution in [2.45, 2.75) is 46.1 Å². The summed E-state index contributed by atoms with van der Waals surface area (Å²) in [7, 11) is 0. The second-order valence-electron chi connectivity index (χ2n) is 7.56. The number of aryl methyl sites for hydroxylation is 1. The van der Waals surface area contributed by atoms with Crippen molar-refractivity contribution in [3.8, 4) is 5.75 Å². The minimum Gasteiger partial charge on any atom is -0.493 e. The van der Waals surface area contributed by atoms with Crippen LogP contribution in [0.3, 0.4) is 0 Å². The maximum absolute atomic E-state index is 10.8. The van der Waals surface area contributed by atoms with Crippen molar-refractivity contribution >= 4 is 5.97 Å². The molecule has 0 unspecified atom stereocenters. The van der Waals surface area contributed by atoms with Crippen LogP contribution in [-0.4, -0.2) is 37.5 Å². The first-order valence-corrected chi connectivity index (χ1v) is 10.8. The van der Waals surface area contributed by atoms with Crippen LogP contribution in [0.5, 0.6) is 5.75 Å². The average Bonchev–Trinajstić information content (AvgIpc) is 2.77. The molecule has 30 heavy (non-hydrogen) atoms. The maximum Gasteiger partial charge on any atom is 0.335 e. The minimum absolute atomic E-state index is 0.284. The summed E-state index contributed by atoms with van der Waals surface area (Å²) in [4.78, 5) is 10.8. The highest BCUT2D eigenvalue weighted by Crippen LogP contribution is 2.21. The lowest BCUT2D eigenvalue weighted by atomic mass is 10.1. The first-order chi connectivity index (χ1) is 14.6. The Morgan fingerprint density at radius 3 is 2.43 bits per heavy atom. The van der Waals surface area contributed by atoms with E-state index < -0.39 is 5.97 Å². The number of benzene rings is 2. The molecule has 0 radical (unpaired) electrons. The number of carboxylic acids is 1. The van der Waals surface area contributed by atoms with Gasteiger partial charge in [0.25, 0.3) is 0 Å². The Kier molecular flexibility index (Phi) is 11.0. The van der Waals surface area contributed by atoms with E-state index in [0.717, 1.165) is 43.6 Å². The molecule has 2 rings (SSSR count). The standard InChI is InChI=1S/C25H34O5/c1-3-20(2)18-30-24-10-5-4-8-22(24)9-6-7-15-28-16-17-29-19-21-11-13-23(14-12-21)25(26)27/h4-5,8,10-14,20H,3,6-7,9,15-19H2,1-2H3,(H,26,27)/t20-/m0/s1.